The Morgan fingerprint density at radius 3 is 2.44 bits per heavy atom. The summed E-state index contributed by atoms with van der Waals surface area (Å²) in [7, 11) is 2.68. The van der Waals surface area contributed by atoms with Crippen LogP contribution in [-0.4, -0.2) is 50.8 Å². The van der Waals surface area contributed by atoms with Crippen molar-refractivity contribution in [3.8, 4) is 23.2 Å². The van der Waals surface area contributed by atoms with Gasteiger partial charge in [-0.25, -0.2) is 23.5 Å². The van der Waals surface area contributed by atoms with Crippen molar-refractivity contribution in [3.05, 3.63) is 81.8 Å². The molecule has 1 atom stereocenters. The highest BCUT2D eigenvalue weighted by Crippen LogP contribution is 2.38. The van der Waals surface area contributed by atoms with E-state index in [0.29, 0.717) is 0 Å². The molecule has 2 aromatic heterocycles. The molecule has 0 aliphatic rings. The van der Waals surface area contributed by atoms with Crippen LogP contribution >= 0.6 is 0 Å². The van der Waals surface area contributed by atoms with Crippen LogP contribution in [-0.2, 0) is 4.79 Å². The van der Waals surface area contributed by atoms with Gasteiger partial charge in [0.1, 0.15) is 17.7 Å². The normalized spacial score (nSPS) is 11.5. The summed E-state index contributed by atoms with van der Waals surface area (Å²) in [6.45, 7) is 1.05. The first-order valence-electron chi connectivity index (χ1n) is 11.1. The lowest BCUT2D eigenvalue weighted by atomic mass is 10.0. The van der Waals surface area contributed by atoms with Gasteiger partial charge in [0.15, 0.2) is 28.9 Å². The zero-order valence-corrected chi connectivity index (χ0v) is 20.8. The fourth-order valence-electron chi connectivity index (χ4n) is 3.67. The first-order valence-corrected chi connectivity index (χ1v) is 11.1. The molecule has 0 radical (unpaired) electrons. The zero-order valence-electron chi connectivity index (χ0n) is 20.8. The van der Waals surface area contributed by atoms with Gasteiger partial charge in [-0.3, -0.25) is 15.2 Å². The van der Waals surface area contributed by atoms with E-state index in [0.717, 1.165) is 17.7 Å². The average Bonchev–Trinajstić information content (AvgIpc) is 3.30. The van der Waals surface area contributed by atoms with Gasteiger partial charge in [-0.1, -0.05) is 0 Å². The van der Waals surface area contributed by atoms with Gasteiger partial charge in [0, 0.05) is 30.9 Å². The van der Waals surface area contributed by atoms with E-state index in [9.17, 15) is 9.59 Å². The molecule has 0 spiro atoms. The molecule has 0 saturated heterocycles. The van der Waals surface area contributed by atoms with Crippen LogP contribution in [0.2, 0.25) is 0 Å². The summed E-state index contributed by atoms with van der Waals surface area (Å²) in [6, 6.07) is 5.03. The Balaban J connectivity index is 1.93. The number of anilines is 1. The number of halogens is 2. The van der Waals surface area contributed by atoms with Crippen LogP contribution in [0.4, 0.5) is 14.5 Å². The summed E-state index contributed by atoms with van der Waals surface area (Å²) < 4.78 is 47.1. The standard InChI is InChI=1S/C24H22F2N8O5/c1-11(35)39-20-15(6-5-12(18(20)26)21(27)28)31-19(13-9-16(37-2)17(38-3)10-14(13)25)22-32-24(36)34(33-22)23-29-7-4-8-30-23/h4-10,19,31H,1-3H3,(H3,27,28)(H,32,33,36)/t19-/m0/s1. The second kappa shape index (κ2) is 11.0. The second-order valence-electron chi connectivity index (χ2n) is 7.89. The molecule has 0 unspecified atom stereocenters. The van der Waals surface area contributed by atoms with Crippen LogP contribution in [0.15, 0.2) is 47.5 Å². The fraction of sp³-hybridized carbons (Fsp3) is 0.167. The van der Waals surface area contributed by atoms with Crippen molar-refractivity contribution in [1.82, 2.24) is 24.7 Å². The van der Waals surface area contributed by atoms with Gasteiger partial charge in [0.25, 0.3) is 5.95 Å². The zero-order chi connectivity index (χ0) is 28.3. The van der Waals surface area contributed by atoms with Crippen molar-refractivity contribution in [1.29, 1.82) is 5.41 Å². The number of aromatic nitrogens is 5. The van der Waals surface area contributed by atoms with Crippen LogP contribution in [0.5, 0.6) is 17.2 Å². The number of methoxy groups -OCH3 is 2. The number of aromatic amines is 1. The van der Waals surface area contributed by atoms with Crippen LogP contribution in [0.3, 0.4) is 0 Å². The van der Waals surface area contributed by atoms with Crippen LogP contribution in [0.1, 0.15) is 29.9 Å². The molecule has 13 nitrogen and oxygen atoms in total. The largest absolute Gasteiger partial charge is 0.493 e. The Bertz CT molecular complexity index is 1610. The van der Waals surface area contributed by atoms with Crippen LogP contribution in [0, 0.1) is 17.0 Å². The number of ether oxygens (including phenoxy) is 3. The van der Waals surface area contributed by atoms with E-state index in [-0.39, 0.29) is 40.1 Å². The molecular formula is C24H22F2N8O5. The Morgan fingerprint density at radius 2 is 1.82 bits per heavy atom. The van der Waals surface area contributed by atoms with Gasteiger partial charge in [0.05, 0.1) is 25.5 Å². The van der Waals surface area contributed by atoms with E-state index in [4.69, 9.17) is 25.4 Å². The summed E-state index contributed by atoms with van der Waals surface area (Å²) in [4.78, 5) is 35.0. The van der Waals surface area contributed by atoms with Crippen LogP contribution < -0.4 is 31.0 Å². The van der Waals surface area contributed by atoms with Gasteiger partial charge in [-0.2, -0.15) is 0 Å². The number of hydrogen-bond donors (Lipinski definition) is 4. The van der Waals surface area contributed by atoms with E-state index in [1.165, 1.54) is 44.8 Å². The number of carbonyl (C=O) groups excluding carboxylic acids is 1. The third kappa shape index (κ3) is 5.36. The molecule has 15 heteroatoms. The fourth-order valence-corrected chi connectivity index (χ4v) is 3.67. The third-order valence-electron chi connectivity index (χ3n) is 5.40. The smallest absolute Gasteiger partial charge is 0.350 e. The SMILES string of the molecule is COc1cc(F)c([C@H](Nc2ccc(C(=N)N)c(F)c2OC(C)=O)c2nn(-c3ncccn3)c(=O)[nH]2)cc1OC. The minimum atomic E-state index is -1.32. The monoisotopic (exact) mass is 540 g/mol. The molecule has 39 heavy (non-hydrogen) atoms. The summed E-state index contributed by atoms with van der Waals surface area (Å²) in [6.07, 6.45) is 2.80. The van der Waals surface area contributed by atoms with Crippen molar-refractivity contribution in [2.75, 3.05) is 19.5 Å². The molecule has 202 valence electrons. The number of carbonyl (C=O) groups is 1. The Labute approximate surface area is 219 Å². The maximum atomic E-state index is 15.5. The number of hydrogen-bond acceptors (Lipinski definition) is 10. The summed E-state index contributed by atoms with van der Waals surface area (Å²) in [5.41, 5.74) is 4.12. The maximum Gasteiger partial charge on any atom is 0.350 e. The van der Waals surface area contributed by atoms with Gasteiger partial charge in [0.2, 0.25) is 0 Å². The number of nitrogens with one attached hydrogen (secondary N) is 3. The van der Waals surface area contributed by atoms with Crippen LogP contribution in [0.25, 0.3) is 5.95 Å². The first kappa shape index (κ1) is 26.7. The predicted molar refractivity (Wildman–Crippen MR) is 133 cm³/mol. The summed E-state index contributed by atoms with van der Waals surface area (Å²) >= 11 is 0. The van der Waals surface area contributed by atoms with Crippen molar-refractivity contribution in [2.45, 2.75) is 13.0 Å². The number of benzene rings is 2. The van der Waals surface area contributed by atoms with E-state index >= 15 is 8.78 Å². The van der Waals surface area contributed by atoms with E-state index < -0.39 is 40.9 Å². The molecule has 0 aliphatic carbocycles. The van der Waals surface area contributed by atoms with Crippen molar-refractivity contribution >= 4 is 17.5 Å². The highest BCUT2D eigenvalue weighted by Gasteiger charge is 2.28. The number of rotatable bonds is 9. The number of nitrogens with two attached hydrogens (primary N) is 1. The van der Waals surface area contributed by atoms with Crippen molar-refractivity contribution in [2.24, 2.45) is 5.73 Å². The topological polar surface area (TPSA) is 183 Å². The number of esters is 1. The maximum absolute atomic E-state index is 15.5. The minimum Gasteiger partial charge on any atom is -0.493 e. The number of nitrogen functional groups attached to an aromatic ring is 1. The third-order valence-corrected chi connectivity index (χ3v) is 5.40. The molecule has 0 bridgehead atoms. The van der Waals surface area contributed by atoms with Crippen molar-refractivity contribution < 1.29 is 27.8 Å². The quantitative estimate of drug-likeness (QED) is 0.106. The summed E-state index contributed by atoms with van der Waals surface area (Å²) in [5.74, 6) is -3.95. The lowest BCUT2D eigenvalue weighted by molar-refractivity contribution is -0.132. The molecule has 2 aromatic carbocycles. The van der Waals surface area contributed by atoms with Gasteiger partial charge < -0.3 is 25.3 Å². The first-order chi connectivity index (χ1) is 18.6. The van der Waals surface area contributed by atoms with E-state index in [1.807, 2.05) is 0 Å². The highest BCUT2D eigenvalue weighted by atomic mass is 19.1. The Kier molecular flexibility index (Phi) is 7.51. The molecule has 4 aromatic rings. The van der Waals surface area contributed by atoms with E-state index in [2.05, 4.69) is 25.4 Å². The molecule has 0 fully saturated rings. The number of amidine groups is 1. The predicted octanol–water partition coefficient (Wildman–Crippen LogP) is 2.06. The lowest BCUT2D eigenvalue weighted by Gasteiger charge is -2.22. The second-order valence-corrected chi connectivity index (χ2v) is 7.89. The molecule has 0 saturated carbocycles. The van der Waals surface area contributed by atoms with E-state index in [1.54, 1.807) is 6.07 Å². The van der Waals surface area contributed by atoms with Gasteiger partial charge in [-0.15, -0.1) is 9.78 Å². The number of nitrogens with zero attached hydrogens (tertiary/aromatic N) is 4. The molecular weight excluding hydrogens is 518 g/mol. The van der Waals surface area contributed by atoms with Crippen molar-refractivity contribution in [3.63, 3.8) is 0 Å². The Morgan fingerprint density at radius 1 is 1.15 bits per heavy atom. The summed E-state index contributed by atoms with van der Waals surface area (Å²) in [5, 5.41) is 14.7. The van der Waals surface area contributed by atoms with Gasteiger partial charge >= 0.3 is 11.7 Å². The molecule has 0 amide bonds. The Hall–Kier alpha value is -5.34. The molecule has 4 rings (SSSR count). The highest BCUT2D eigenvalue weighted by molar-refractivity contribution is 5.96. The molecule has 0 aliphatic heterocycles. The number of H-pyrrole nitrogens is 1. The molecule has 2 heterocycles. The average molecular weight is 540 g/mol. The minimum absolute atomic E-state index is 0.0611. The molecule has 5 N–H and O–H groups in total. The lowest BCUT2D eigenvalue weighted by Crippen LogP contribution is -2.20. The van der Waals surface area contributed by atoms with Gasteiger partial charge in [-0.05, 0) is 24.3 Å².